The average Bonchev–Trinajstić information content (AvgIpc) is 3.02. The normalized spacial score (nSPS) is 12.3. The molecular formula is C25H29N2O7-. The van der Waals surface area contributed by atoms with Crippen LogP contribution in [0.3, 0.4) is 0 Å². The molecule has 9 heteroatoms. The van der Waals surface area contributed by atoms with Crippen LogP contribution in [-0.4, -0.2) is 30.4 Å². The van der Waals surface area contributed by atoms with E-state index in [4.69, 9.17) is 8.83 Å². The Morgan fingerprint density at radius 2 is 1.62 bits per heavy atom. The van der Waals surface area contributed by atoms with Crippen LogP contribution < -0.4 is 21.4 Å². The number of aliphatic carboxylic acids is 1. The van der Waals surface area contributed by atoms with E-state index < -0.39 is 29.5 Å². The molecule has 0 aliphatic carbocycles. The second kappa shape index (κ2) is 10.1. The molecule has 0 saturated heterocycles. The van der Waals surface area contributed by atoms with Crippen molar-refractivity contribution in [2.75, 3.05) is 6.54 Å². The van der Waals surface area contributed by atoms with Gasteiger partial charge in [0.25, 0.3) is 0 Å². The molecular weight excluding hydrogens is 440 g/mol. The number of hydrogen-bond acceptors (Lipinski definition) is 7. The van der Waals surface area contributed by atoms with Gasteiger partial charge in [0.2, 0.25) is 11.8 Å². The van der Waals surface area contributed by atoms with Crippen LogP contribution in [0.15, 0.2) is 25.8 Å². The van der Waals surface area contributed by atoms with Gasteiger partial charge < -0.3 is 29.4 Å². The topological polar surface area (TPSA) is 142 Å². The van der Waals surface area contributed by atoms with Crippen LogP contribution >= 0.6 is 0 Å². The Bertz CT molecular complexity index is 1320. The maximum absolute atomic E-state index is 12.6. The number of amides is 2. The van der Waals surface area contributed by atoms with E-state index in [0.29, 0.717) is 16.7 Å². The number of nitrogens with one attached hydrogen (secondary N) is 2. The van der Waals surface area contributed by atoms with Crippen LogP contribution in [0, 0.1) is 26.7 Å². The van der Waals surface area contributed by atoms with E-state index in [2.05, 4.69) is 10.6 Å². The van der Waals surface area contributed by atoms with Crippen molar-refractivity contribution in [1.82, 2.24) is 10.6 Å². The molecule has 1 aromatic carbocycles. The fraction of sp³-hybridized carbons (Fsp3) is 0.440. The largest absolute Gasteiger partial charge is 0.548 e. The number of carboxylic acid groups (broad SMARTS) is 1. The van der Waals surface area contributed by atoms with E-state index in [0.717, 1.165) is 27.7 Å². The van der Waals surface area contributed by atoms with Gasteiger partial charge in [-0.2, -0.15) is 0 Å². The Morgan fingerprint density at radius 1 is 0.971 bits per heavy atom. The summed E-state index contributed by atoms with van der Waals surface area (Å²) in [6.07, 6.45) is 0.323. The molecule has 2 N–H and O–H groups in total. The summed E-state index contributed by atoms with van der Waals surface area (Å²) in [6.45, 7) is 8.92. The van der Waals surface area contributed by atoms with Crippen molar-refractivity contribution in [3.05, 3.63) is 45.0 Å². The Hall–Kier alpha value is -3.62. The lowest BCUT2D eigenvalue weighted by atomic mass is 10.0. The van der Waals surface area contributed by atoms with Gasteiger partial charge in [-0.25, -0.2) is 4.79 Å². The maximum Gasteiger partial charge on any atom is 0.339 e. The molecule has 1 atom stereocenters. The maximum atomic E-state index is 12.6. The second-order valence-electron chi connectivity index (χ2n) is 8.97. The molecule has 182 valence electrons. The molecule has 34 heavy (non-hydrogen) atoms. The minimum absolute atomic E-state index is 0.0353. The van der Waals surface area contributed by atoms with Gasteiger partial charge in [-0.1, -0.05) is 13.8 Å². The number of carbonyl (C=O) groups excluding carboxylic acids is 3. The number of carbonyl (C=O) groups is 3. The summed E-state index contributed by atoms with van der Waals surface area (Å²) in [7, 11) is 0. The highest BCUT2D eigenvalue weighted by molar-refractivity contribution is 5.96. The van der Waals surface area contributed by atoms with Gasteiger partial charge in [-0.15, -0.1) is 0 Å². The summed E-state index contributed by atoms with van der Waals surface area (Å²) < 4.78 is 11.2. The van der Waals surface area contributed by atoms with Crippen molar-refractivity contribution in [3.63, 3.8) is 0 Å². The summed E-state index contributed by atoms with van der Waals surface area (Å²) in [5, 5.41) is 17.7. The van der Waals surface area contributed by atoms with Gasteiger partial charge in [-0.05, 0) is 56.7 Å². The Morgan fingerprint density at radius 3 is 2.26 bits per heavy atom. The first kappa shape index (κ1) is 25.0. The molecule has 3 rings (SSSR count). The summed E-state index contributed by atoms with van der Waals surface area (Å²) >= 11 is 0. The predicted molar refractivity (Wildman–Crippen MR) is 124 cm³/mol. The van der Waals surface area contributed by atoms with Gasteiger partial charge in [0.1, 0.15) is 16.9 Å². The van der Waals surface area contributed by atoms with E-state index in [1.54, 1.807) is 6.07 Å². The first-order chi connectivity index (χ1) is 16.0. The molecule has 0 bridgehead atoms. The molecule has 0 spiro atoms. The number of aryl methyl sites for hydroxylation is 3. The second-order valence-corrected chi connectivity index (χ2v) is 8.97. The van der Waals surface area contributed by atoms with Crippen LogP contribution in [0.25, 0.3) is 21.9 Å². The monoisotopic (exact) mass is 469 g/mol. The van der Waals surface area contributed by atoms with E-state index >= 15 is 0 Å². The quantitative estimate of drug-likeness (QED) is 0.455. The molecule has 3 aromatic rings. The first-order valence-electron chi connectivity index (χ1n) is 11.2. The molecule has 2 amide bonds. The van der Waals surface area contributed by atoms with Crippen LogP contribution in [0.2, 0.25) is 0 Å². The van der Waals surface area contributed by atoms with Gasteiger partial charge >= 0.3 is 5.63 Å². The molecule has 0 saturated carbocycles. The first-order valence-corrected chi connectivity index (χ1v) is 11.2. The molecule has 2 heterocycles. The number of benzene rings is 1. The lowest BCUT2D eigenvalue weighted by Gasteiger charge is -2.21. The van der Waals surface area contributed by atoms with E-state index in [-0.39, 0.29) is 31.7 Å². The highest BCUT2D eigenvalue weighted by atomic mass is 16.4. The smallest absolute Gasteiger partial charge is 0.339 e. The fourth-order valence-electron chi connectivity index (χ4n) is 3.95. The third-order valence-electron chi connectivity index (χ3n) is 5.96. The number of fused-ring (bicyclic) bond motifs is 2. The standard InChI is InChI=1S/C25H30N2O7/c1-12(2)8-19(24(30)31)27-23(29)11-26-22(28)7-6-16-14(4)18-9-17-13(3)15(5)33-20(17)10-21(18)34-25(16)32/h9-10,12,19H,6-8,11H2,1-5H3,(H,26,28)(H,27,29)(H,30,31)/p-1/t19-/m1/s1. The van der Waals surface area contributed by atoms with Crippen molar-refractivity contribution >= 4 is 39.7 Å². The van der Waals surface area contributed by atoms with Crippen LogP contribution in [-0.2, 0) is 20.8 Å². The Labute approximate surface area is 196 Å². The highest BCUT2D eigenvalue weighted by Gasteiger charge is 2.18. The van der Waals surface area contributed by atoms with Gasteiger partial charge in [0.15, 0.2) is 0 Å². The van der Waals surface area contributed by atoms with Gasteiger partial charge in [0.05, 0.1) is 18.6 Å². The van der Waals surface area contributed by atoms with Gasteiger partial charge in [-0.3, -0.25) is 9.59 Å². The molecule has 9 nitrogen and oxygen atoms in total. The zero-order valence-electron chi connectivity index (χ0n) is 20.0. The summed E-state index contributed by atoms with van der Waals surface area (Å²) in [5.41, 5.74) is 2.65. The lowest BCUT2D eigenvalue weighted by Crippen LogP contribution is -2.51. The van der Waals surface area contributed by atoms with Crippen molar-refractivity contribution in [2.45, 2.75) is 59.9 Å². The Kier molecular flexibility index (Phi) is 7.44. The van der Waals surface area contributed by atoms with Gasteiger partial charge in [0, 0.05) is 28.8 Å². The average molecular weight is 470 g/mol. The zero-order chi connectivity index (χ0) is 25.2. The van der Waals surface area contributed by atoms with Crippen molar-refractivity contribution in [1.29, 1.82) is 0 Å². The molecule has 0 aliphatic rings. The van der Waals surface area contributed by atoms with Crippen LogP contribution in [0.1, 0.15) is 49.1 Å². The molecule has 2 aromatic heterocycles. The summed E-state index contributed by atoms with van der Waals surface area (Å²) in [6, 6.07) is 2.50. The minimum atomic E-state index is -1.37. The summed E-state index contributed by atoms with van der Waals surface area (Å²) in [5.74, 6) is -1.60. The number of hydrogen-bond donors (Lipinski definition) is 2. The molecule has 0 radical (unpaired) electrons. The zero-order valence-corrected chi connectivity index (χ0v) is 20.0. The van der Waals surface area contributed by atoms with E-state index in [1.807, 2.05) is 40.7 Å². The minimum Gasteiger partial charge on any atom is -0.548 e. The summed E-state index contributed by atoms with van der Waals surface area (Å²) in [4.78, 5) is 48.0. The highest BCUT2D eigenvalue weighted by Crippen LogP contribution is 2.31. The van der Waals surface area contributed by atoms with E-state index in [1.165, 1.54) is 0 Å². The third kappa shape index (κ3) is 5.47. The molecule has 0 unspecified atom stereocenters. The number of furan rings is 1. The van der Waals surface area contributed by atoms with E-state index in [9.17, 15) is 24.3 Å². The fourth-order valence-corrected chi connectivity index (χ4v) is 3.95. The number of rotatable bonds is 9. The van der Waals surface area contributed by atoms with Crippen molar-refractivity contribution in [2.24, 2.45) is 5.92 Å². The van der Waals surface area contributed by atoms with Crippen LogP contribution in [0.4, 0.5) is 0 Å². The SMILES string of the molecule is Cc1oc2cc3oc(=O)c(CCC(=O)NCC(=O)N[C@H](CC(C)C)C(=O)[O-])c(C)c3cc2c1C. The molecule has 0 fully saturated rings. The van der Waals surface area contributed by atoms with Crippen LogP contribution in [0.5, 0.6) is 0 Å². The molecule has 0 aliphatic heterocycles. The van der Waals surface area contributed by atoms with Crippen molar-refractivity contribution < 1.29 is 28.3 Å². The lowest BCUT2D eigenvalue weighted by molar-refractivity contribution is -0.308. The van der Waals surface area contributed by atoms with Crippen molar-refractivity contribution in [3.8, 4) is 0 Å². The Balaban J connectivity index is 1.66. The number of carboxylic acids is 1. The predicted octanol–water partition coefficient (Wildman–Crippen LogP) is 1.79. The third-order valence-corrected chi connectivity index (χ3v) is 5.96.